The Labute approximate surface area is 76.5 Å². The quantitative estimate of drug-likeness (QED) is 0.469. The van der Waals surface area contributed by atoms with Gasteiger partial charge in [-0.2, -0.15) is 0 Å². The van der Waals surface area contributed by atoms with Gasteiger partial charge >= 0.3 is 5.97 Å². The second kappa shape index (κ2) is 3.89. The van der Waals surface area contributed by atoms with E-state index in [4.69, 9.17) is 4.74 Å². The Morgan fingerprint density at radius 2 is 2.54 bits per heavy atom. The highest BCUT2D eigenvalue weighted by Crippen LogP contribution is 2.12. The van der Waals surface area contributed by atoms with E-state index >= 15 is 0 Å². The summed E-state index contributed by atoms with van der Waals surface area (Å²) in [6.45, 7) is 5.20. The Balaban J connectivity index is 2.63. The zero-order chi connectivity index (χ0) is 9.84. The summed E-state index contributed by atoms with van der Waals surface area (Å²) in [7, 11) is 0. The summed E-state index contributed by atoms with van der Waals surface area (Å²) >= 11 is 0. The molecule has 0 radical (unpaired) electrons. The molecular formula is C9H11NO3. The molecule has 0 N–H and O–H groups in total. The molecule has 1 atom stereocenters. The Morgan fingerprint density at radius 3 is 3.08 bits per heavy atom. The van der Waals surface area contributed by atoms with Crippen molar-refractivity contribution in [1.82, 2.24) is 4.90 Å². The van der Waals surface area contributed by atoms with Crippen molar-refractivity contribution in [2.45, 2.75) is 13.2 Å². The molecule has 0 aromatic rings. The monoisotopic (exact) mass is 181 g/mol. The zero-order valence-electron chi connectivity index (χ0n) is 7.40. The van der Waals surface area contributed by atoms with Crippen molar-refractivity contribution < 1.29 is 14.3 Å². The van der Waals surface area contributed by atoms with Crippen LogP contribution in [0, 0.1) is 0 Å². The summed E-state index contributed by atoms with van der Waals surface area (Å²) in [5, 5.41) is 0. The molecule has 0 aromatic carbocycles. The van der Waals surface area contributed by atoms with Crippen LogP contribution in [0.25, 0.3) is 0 Å². The van der Waals surface area contributed by atoms with E-state index in [-0.39, 0.29) is 5.91 Å². The van der Waals surface area contributed by atoms with Gasteiger partial charge in [-0.25, -0.2) is 0 Å². The van der Waals surface area contributed by atoms with Gasteiger partial charge in [0, 0.05) is 19.5 Å². The number of ether oxygens (including phenoxy) is 1. The summed E-state index contributed by atoms with van der Waals surface area (Å²) in [6, 6.07) is 0. The molecule has 0 fully saturated rings. The summed E-state index contributed by atoms with van der Waals surface area (Å²) in [6.07, 6.45) is 3.95. The molecule has 0 unspecified atom stereocenters. The second-order valence-electron chi connectivity index (χ2n) is 2.64. The number of nitrogens with zero attached hydrogens (tertiary/aromatic N) is 1. The van der Waals surface area contributed by atoms with Crippen LogP contribution in [-0.2, 0) is 14.3 Å². The van der Waals surface area contributed by atoms with Crippen molar-refractivity contribution in [2.24, 2.45) is 0 Å². The first kappa shape index (κ1) is 9.51. The van der Waals surface area contributed by atoms with Crippen LogP contribution in [0.2, 0.25) is 0 Å². The SMILES string of the molecule is C=CCN1C(=O)C=C[C@H]1OC(C)=O. The molecular weight excluding hydrogens is 170 g/mol. The molecule has 1 rings (SSSR count). The Bertz CT molecular complexity index is 270. The molecule has 13 heavy (non-hydrogen) atoms. The number of carbonyl (C=O) groups is 2. The van der Waals surface area contributed by atoms with E-state index in [0.29, 0.717) is 6.54 Å². The van der Waals surface area contributed by atoms with Gasteiger partial charge in [0.15, 0.2) is 6.23 Å². The van der Waals surface area contributed by atoms with Gasteiger partial charge in [0.25, 0.3) is 0 Å². The highest BCUT2D eigenvalue weighted by Gasteiger charge is 2.26. The third-order valence-corrected chi connectivity index (χ3v) is 1.61. The molecule has 0 bridgehead atoms. The molecule has 1 heterocycles. The first-order chi connectivity index (χ1) is 6.15. The standard InChI is InChI=1S/C9H11NO3/c1-3-6-10-8(12)4-5-9(10)13-7(2)11/h3-5,9H,1,6H2,2H3/t9-/m1/s1. The maximum atomic E-state index is 11.2. The maximum Gasteiger partial charge on any atom is 0.304 e. The first-order valence-electron chi connectivity index (χ1n) is 3.92. The molecule has 0 saturated heterocycles. The summed E-state index contributed by atoms with van der Waals surface area (Å²) < 4.78 is 4.88. The van der Waals surface area contributed by atoms with Crippen molar-refractivity contribution in [3.05, 3.63) is 24.8 Å². The first-order valence-corrected chi connectivity index (χ1v) is 3.92. The van der Waals surface area contributed by atoms with Crippen LogP contribution in [0.3, 0.4) is 0 Å². The van der Waals surface area contributed by atoms with Gasteiger partial charge in [0.1, 0.15) is 0 Å². The third-order valence-electron chi connectivity index (χ3n) is 1.61. The predicted molar refractivity (Wildman–Crippen MR) is 46.6 cm³/mol. The van der Waals surface area contributed by atoms with Crippen LogP contribution in [0.1, 0.15) is 6.92 Å². The molecule has 1 aliphatic heterocycles. The number of carbonyl (C=O) groups excluding carboxylic acids is 2. The van der Waals surface area contributed by atoms with Crippen LogP contribution < -0.4 is 0 Å². The molecule has 0 aromatic heterocycles. The maximum absolute atomic E-state index is 11.2. The van der Waals surface area contributed by atoms with E-state index in [2.05, 4.69) is 6.58 Å². The lowest BCUT2D eigenvalue weighted by Gasteiger charge is -2.22. The number of esters is 1. The third kappa shape index (κ3) is 2.18. The van der Waals surface area contributed by atoms with E-state index in [1.807, 2.05) is 0 Å². The van der Waals surface area contributed by atoms with E-state index in [0.717, 1.165) is 0 Å². The fraction of sp³-hybridized carbons (Fsp3) is 0.333. The molecule has 1 amide bonds. The van der Waals surface area contributed by atoms with Gasteiger partial charge in [-0.15, -0.1) is 6.58 Å². The topological polar surface area (TPSA) is 46.6 Å². The number of amides is 1. The minimum Gasteiger partial charge on any atom is -0.438 e. The summed E-state index contributed by atoms with van der Waals surface area (Å²) in [4.78, 5) is 23.2. The summed E-state index contributed by atoms with van der Waals surface area (Å²) in [5.41, 5.74) is 0. The van der Waals surface area contributed by atoms with Crippen LogP contribution in [0.4, 0.5) is 0 Å². The molecule has 4 nitrogen and oxygen atoms in total. The lowest BCUT2D eigenvalue weighted by molar-refractivity contribution is -0.154. The largest absolute Gasteiger partial charge is 0.438 e. The van der Waals surface area contributed by atoms with Gasteiger partial charge in [-0.3, -0.25) is 14.5 Å². The molecule has 0 spiro atoms. The lowest BCUT2D eigenvalue weighted by Crippen LogP contribution is -2.36. The van der Waals surface area contributed by atoms with Crippen molar-refractivity contribution >= 4 is 11.9 Å². The summed E-state index contributed by atoms with van der Waals surface area (Å²) in [5.74, 6) is -0.565. The average Bonchev–Trinajstić information content (AvgIpc) is 2.35. The predicted octanol–water partition coefficient (Wildman–Crippen LogP) is 0.460. The lowest BCUT2D eigenvalue weighted by atomic mass is 10.5. The van der Waals surface area contributed by atoms with Crippen molar-refractivity contribution in [2.75, 3.05) is 6.54 Å². The number of hydrogen-bond donors (Lipinski definition) is 0. The van der Waals surface area contributed by atoms with Crippen LogP contribution in [0.5, 0.6) is 0 Å². The van der Waals surface area contributed by atoms with Gasteiger partial charge in [0.05, 0.1) is 0 Å². The van der Waals surface area contributed by atoms with E-state index in [9.17, 15) is 9.59 Å². The smallest absolute Gasteiger partial charge is 0.304 e. The minimum absolute atomic E-state index is 0.161. The molecule has 0 saturated carbocycles. The second-order valence-corrected chi connectivity index (χ2v) is 2.64. The molecule has 0 aliphatic carbocycles. The van der Waals surface area contributed by atoms with Gasteiger partial charge < -0.3 is 4.74 Å². The highest BCUT2D eigenvalue weighted by molar-refractivity contribution is 5.90. The van der Waals surface area contributed by atoms with Crippen molar-refractivity contribution in [3.63, 3.8) is 0 Å². The highest BCUT2D eigenvalue weighted by atomic mass is 16.6. The number of hydrogen-bond acceptors (Lipinski definition) is 3. The van der Waals surface area contributed by atoms with Gasteiger partial charge in [-0.1, -0.05) is 6.08 Å². The van der Waals surface area contributed by atoms with E-state index < -0.39 is 12.2 Å². The molecule has 1 aliphatic rings. The van der Waals surface area contributed by atoms with Crippen molar-refractivity contribution in [1.29, 1.82) is 0 Å². The Morgan fingerprint density at radius 1 is 1.85 bits per heavy atom. The minimum atomic E-state index is -0.567. The fourth-order valence-electron chi connectivity index (χ4n) is 1.10. The van der Waals surface area contributed by atoms with Crippen LogP contribution in [0.15, 0.2) is 24.8 Å². The van der Waals surface area contributed by atoms with Crippen LogP contribution in [-0.4, -0.2) is 29.5 Å². The average molecular weight is 181 g/mol. The van der Waals surface area contributed by atoms with E-state index in [1.54, 1.807) is 12.2 Å². The Hall–Kier alpha value is -1.58. The van der Waals surface area contributed by atoms with Crippen molar-refractivity contribution in [3.8, 4) is 0 Å². The van der Waals surface area contributed by atoms with Gasteiger partial charge in [0.2, 0.25) is 5.91 Å². The fourth-order valence-corrected chi connectivity index (χ4v) is 1.10. The molecule has 4 heteroatoms. The number of rotatable bonds is 3. The normalized spacial score (nSPS) is 20.5. The Kier molecular flexibility index (Phi) is 2.84. The van der Waals surface area contributed by atoms with Crippen LogP contribution >= 0.6 is 0 Å². The van der Waals surface area contributed by atoms with E-state index in [1.165, 1.54) is 17.9 Å². The molecule has 70 valence electrons. The zero-order valence-corrected chi connectivity index (χ0v) is 7.40. The van der Waals surface area contributed by atoms with Gasteiger partial charge in [-0.05, 0) is 6.08 Å².